The highest BCUT2D eigenvalue weighted by Gasteiger charge is 2.30. The standard InChI is InChI=1S/C16H33N3O3/c1-14(2,3)19(13(21)22-15(4,5)6)10-9-18-16(7,8)11-12(17)20/h18H,9-11H2,1-8H3,(H2,17,20). The van der Waals surface area contributed by atoms with Crippen LogP contribution in [0, 0.1) is 0 Å². The molecule has 6 nitrogen and oxygen atoms in total. The summed E-state index contributed by atoms with van der Waals surface area (Å²) in [6.07, 6.45) is -0.0934. The normalized spacial score (nSPS) is 12.9. The number of carbonyl (C=O) groups excluding carboxylic acids is 2. The topological polar surface area (TPSA) is 84.7 Å². The molecule has 0 aliphatic carbocycles. The number of hydrogen-bond acceptors (Lipinski definition) is 4. The van der Waals surface area contributed by atoms with E-state index < -0.39 is 11.1 Å². The van der Waals surface area contributed by atoms with Crippen LogP contribution < -0.4 is 11.1 Å². The van der Waals surface area contributed by atoms with Crippen molar-refractivity contribution in [2.75, 3.05) is 13.1 Å². The van der Waals surface area contributed by atoms with Gasteiger partial charge in [0.05, 0.1) is 0 Å². The van der Waals surface area contributed by atoms with E-state index in [0.29, 0.717) is 13.1 Å². The summed E-state index contributed by atoms with van der Waals surface area (Å²) in [6, 6.07) is 0. The zero-order chi connectivity index (χ0) is 17.8. The Bertz CT molecular complexity index is 392. The van der Waals surface area contributed by atoms with Gasteiger partial charge in [-0.3, -0.25) is 4.79 Å². The van der Waals surface area contributed by atoms with Crippen molar-refractivity contribution in [2.24, 2.45) is 5.73 Å². The summed E-state index contributed by atoms with van der Waals surface area (Å²) >= 11 is 0. The summed E-state index contributed by atoms with van der Waals surface area (Å²) in [5.41, 5.74) is 3.96. The van der Waals surface area contributed by atoms with Crippen molar-refractivity contribution in [3.63, 3.8) is 0 Å². The predicted octanol–water partition coefficient (Wildman–Crippen LogP) is 2.27. The van der Waals surface area contributed by atoms with Crippen molar-refractivity contribution in [1.82, 2.24) is 10.2 Å². The van der Waals surface area contributed by atoms with E-state index in [9.17, 15) is 9.59 Å². The Labute approximate surface area is 134 Å². The van der Waals surface area contributed by atoms with Crippen molar-refractivity contribution in [2.45, 2.75) is 78.5 Å². The first-order chi connectivity index (χ1) is 9.64. The summed E-state index contributed by atoms with van der Waals surface area (Å²) in [5, 5.41) is 3.26. The molecule has 0 radical (unpaired) electrons. The lowest BCUT2D eigenvalue weighted by molar-refractivity contribution is -0.119. The molecule has 130 valence electrons. The van der Waals surface area contributed by atoms with E-state index >= 15 is 0 Å². The lowest BCUT2D eigenvalue weighted by Crippen LogP contribution is -2.52. The van der Waals surface area contributed by atoms with Crippen molar-refractivity contribution >= 4 is 12.0 Å². The highest BCUT2D eigenvalue weighted by molar-refractivity contribution is 5.75. The van der Waals surface area contributed by atoms with Crippen molar-refractivity contribution in [3.05, 3.63) is 0 Å². The van der Waals surface area contributed by atoms with E-state index in [4.69, 9.17) is 10.5 Å². The van der Waals surface area contributed by atoms with E-state index in [-0.39, 0.29) is 24.0 Å². The Morgan fingerprint density at radius 3 is 1.91 bits per heavy atom. The van der Waals surface area contributed by atoms with Gasteiger partial charge >= 0.3 is 6.09 Å². The Hall–Kier alpha value is -1.30. The maximum Gasteiger partial charge on any atom is 0.410 e. The monoisotopic (exact) mass is 315 g/mol. The largest absolute Gasteiger partial charge is 0.444 e. The van der Waals surface area contributed by atoms with Crippen LogP contribution in [0.5, 0.6) is 0 Å². The maximum absolute atomic E-state index is 12.3. The maximum atomic E-state index is 12.3. The molecule has 0 heterocycles. The van der Waals surface area contributed by atoms with E-state index in [0.717, 1.165) is 0 Å². The van der Waals surface area contributed by atoms with Gasteiger partial charge in [-0.05, 0) is 55.4 Å². The summed E-state index contributed by atoms with van der Waals surface area (Å²) in [4.78, 5) is 25.1. The van der Waals surface area contributed by atoms with Gasteiger partial charge < -0.3 is 20.7 Å². The molecule has 0 aromatic heterocycles. The first-order valence-electron chi connectivity index (χ1n) is 7.68. The van der Waals surface area contributed by atoms with Crippen LogP contribution in [0.25, 0.3) is 0 Å². The molecule has 0 rings (SSSR count). The molecular formula is C16H33N3O3. The third kappa shape index (κ3) is 8.87. The second kappa shape index (κ2) is 7.31. The van der Waals surface area contributed by atoms with E-state index in [1.54, 1.807) is 4.90 Å². The summed E-state index contributed by atoms with van der Waals surface area (Å²) in [7, 11) is 0. The van der Waals surface area contributed by atoms with Gasteiger partial charge in [0.15, 0.2) is 0 Å². The van der Waals surface area contributed by atoms with Crippen molar-refractivity contribution in [1.29, 1.82) is 0 Å². The van der Waals surface area contributed by atoms with Gasteiger partial charge in [0.25, 0.3) is 0 Å². The first kappa shape index (κ1) is 20.7. The van der Waals surface area contributed by atoms with Crippen LogP contribution in [-0.4, -0.2) is 46.7 Å². The molecular weight excluding hydrogens is 282 g/mol. The molecule has 0 aromatic rings. The fourth-order valence-corrected chi connectivity index (χ4v) is 2.02. The van der Waals surface area contributed by atoms with Gasteiger partial charge in [-0.2, -0.15) is 0 Å². The third-order valence-corrected chi connectivity index (χ3v) is 2.98. The van der Waals surface area contributed by atoms with Crippen molar-refractivity contribution < 1.29 is 14.3 Å². The molecule has 3 N–H and O–H groups in total. The second-order valence-electron chi connectivity index (χ2n) is 8.26. The van der Waals surface area contributed by atoms with E-state index in [1.165, 1.54) is 0 Å². The number of nitrogens with zero attached hydrogens (tertiary/aromatic N) is 1. The smallest absolute Gasteiger partial charge is 0.410 e. The highest BCUT2D eigenvalue weighted by Crippen LogP contribution is 2.18. The molecule has 0 spiro atoms. The molecule has 6 heteroatoms. The number of ether oxygens (including phenoxy) is 1. The van der Waals surface area contributed by atoms with Crippen LogP contribution in [0.3, 0.4) is 0 Å². The number of nitrogens with two attached hydrogens (primary N) is 1. The zero-order valence-electron chi connectivity index (χ0n) is 15.4. The molecule has 0 bridgehead atoms. The van der Waals surface area contributed by atoms with Crippen LogP contribution >= 0.6 is 0 Å². The van der Waals surface area contributed by atoms with Gasteiger partial charge in [0.2, 0.25) is 5.91 Å². The molecule has 0 saturated heterocycles. The molecule has 0 atom stereocenters. The molecule has 0 saturated carbocycles. The number of nitrogens with one attached hydrogen (secondary N) is 1. The molecule has 0 unspecified atom stereocenters. The summed E-state index contributed by atoms with van der Waals surface area (Å²) < 4.78 is 5.46. The Balaban J connectivity index is 4.70. The number of hydrogen-bond donors (Lipinski definition) is 2. The predicted molar refractivity (Wildman–Crippen MR) is 88.6 cm³/mol. The van der Waals surface area contributed by atoms with Gasteiger partial charge in [0.1, 0.15) is 5.60 Å². The van der Waals surface area contributed by atoms with Gasteiger partial charge in [-0.25, -0.2) is 4.79 Å². The second-order valence-corrected chi connectivity index (χ2v) is 8.26. The first-order valence-corrected chi connectivity index (χ1v) is 7.68. The van der Waals surface area contributed by atoms with E-state index in [2.05, 4.69) is 5.32 Å². The molecule has 0 fully saturated rings. The quantitative estimate of drug-likeness (QED) is 0.787. The lowest BCUT2D eigenvalue weighted by Gasteiger charge is -2.37. The van der Waals surface area contributed by atoms with Crippen LogP contribution in [0.4, 0.5) is 4.79 Å². The number of rotatable bonds is 6. The minimum Gasteiger partial charge on any atom is -0.444 e. The van der Waals surface area contributed by atoms with Crippen molar-refractivity contribution in [3.8, 4) is 0 Å². The average molecular weight is 315 g/mol. The SMILES string of the molecule is CC(C)(CC(N)=O)NCCN(C(=O)OC(C)(C)C)C(C)(C)C. The Morgan fingerprint density at radius 1 is 1.05 bits per heavy atom. The Morgan fingerprint density at radius 2 is 1.55 bits per heavy atom. The molecule has 22 heavy (non-hydrogen) atoms. The van der Waals surface area contributed by atoms with E-state index in [1.807, 2.05) is 55.4 Å². The van der Waals surface area contributed by atoms with Crippen LogP contribution in [0.1, 0.15) is 61.8 Å². The summed E-state index contributed by atoms with van der Waals surface area (Å²) in [5.74, 6) is -0.350. The van der Waals surface area contributed by atoms with Gasteiger partial charge in [-0.15, -0.1) is 0 Å². The van der Waals surface area contributed by atoms with Gasteiger partial charge in [-0.1, -0.05) is 0 Å². The number of carbonyl (C=O) groups is 2. The van der Waals surface area contributed by atoms with Crippen LogP contribution in [0.15, 0.2) is 0 Å². The minimum absolute atomic E-state index is 0.245. The van der Waals surface area contributed by atoms with Crippen LogP contribution in [0.2, 0.25) is 0 Å². The zero-order valence-corrected chi connectivity index (χ0v) is 15.4. The molecule has 0 aromatic carbocycles. The fraction of sp³-hybridized carbons (Fsp3) is 0.875. The molecule has 2 amide bonds. The molecule has 0 aliphatic rings. The summed E-state index contributed by atoms with van der Waals surface area (Å²) in [6.45, 7) is 16.3. The fourth-order valence-electron chi connectivity index (χ4n) is 2.02. The highest BCUT2D eigenvalue weighted by atomic mass is 16.6. The number of amides is 2. The molecule has 0 aliphatic heterocycles. The van der Waals surface area contributed by atoms with Crippen LogP contribution in [-0.2, 0) is 9.53 Å². The van der Waals surface area contributed by atoms with Gasteiger partial charge in [0, 0.05) is 30.6 Å². The Kier molecular flexibility index (Phi) is 6.88. The average Bonchev–Trinajstić information content (AvgIpc) is 2.17. The lowest BCUT2D eigenvalue weighted by atomic mass is 10.0. The minimum atomic E-state index is -0.529. The third-order valence-electron chi connectivity index (χ3n) is 2.98. The number of primary amides is 1.